The molecule has 1 aliphatic rings. The average Bonchev–Trinajstić information content (AvgIpc) is 2.69. The average molecular weight is 349 g/mol. The van der Waals surface area contributed by atoms with Crippen molar-refractivity contribution < 1.29 is 9.53 Å². The molecule has 2 heterocycles. The summed E-state index contributed by atoms with van der Waals surface area (Å²) < 4.78 is 5.39. The van der Waals surface area contributed by atoms with Gasteiger partial charge in [-0.1, -0.05) is 24.3 Å². The molecule has 4 rings (SSSR count). The first-order chi connectivity index (χ1) is 12.7. The molecule has 26 heavy (non-hydrogen) atoms. The van der Waals surface area contributed by atoms with Crippen LogP contribution in [0.25, 0.3) is 10.9 Å². The fourth-order valence-electron chi connectivity index (χ4n) is 3.19. The number of benzene rings is 2. The van der Waals surface area contributed by atoms with Crippen LogP contribution in [0.3, 0.4) is 0 Å². The van der Waals surface area contributed by atoms with Gasteiger partial charge in [-0.25, -0.2) is 0 Å². The summed E-state index contributed by atoms with van der Waals surface area (Å²) in [6.07, 6.45) is 1.47. The molecule has 0 spiro atoms. The van der Waals surface area contributed by atoms with Crippen molar-refractivity contribution in [1.82, 2.24) is 4.98 Å². The number of para-hydroxylation sites is 3. The number of amides is 1. The van der Waals surface area contributed by atoms with Gasteiger partial charge in [-0.2, -0.15) is 0 Å². The number of nitrogens with zero attached hydrogens (tertiary/aromatic N) is 1. The first kappa shape index (κ1) is 16.4. The summed E-state index contributed by atoms with van der Waals surface area (Å²) >= 11 is 0. The SMILES string of the molecule is O=C(Nc1ccccc1N1CCOCC1)c1c[nH]c2ccccc2c1=O. The molecule has 1 fully saturated rings. The molecule has 1 aromatic heterocycles. The summed E-state index contributed by atoms with van der Waals surface area (Å²) in [6.45, 7) is 2.85. The van der Waals surface area contributed by atoms with Crippen LogP contribution >= 0.6 is 0 Å². The van der Waals surface area contributed by atoms with Crippen LogP contribution < -0.4 is 15.6 Å². The predicted molar refractivity (Wildman–Crippen MR) is 102 cm³/mol. The van der Waals surface area contributed by atoms with Gasteiger partial charge in [0.25, 0.3) is 5.91 Å². The summed E-state index contributed by atoms with van der Waals surface area (Å²) in [5.74, 6) is -0.419. The number of anilines is 2. The molecule has 0 aliphatic carbocycles. The maximum atomic E-state index is 12.7. The Balaban J connectivity index is 1.65. The number of ether oxygens (including phenoxy) is 1. The van der Waals surface area contributed by atoms with Crippen LogP contribution in [0.1, 0.15) is 10.4 Å². The van der Waals surface area contributed by atoms with Crippen molar-refractivity contribution in [3.05, 3.63) is 70.5 Å². The molecule has 2 N–H and O–H groups in total. The second kappa shape index (κ2) is 7.01. The minimum atomic E-state index is -0.419. The van der Waals surface area contributed by atoms with Crippen molar-refractivity contribution in [3.8, 4) is 0 Å². The Labute approximate surface area is 150 Å². The van der Waals surface area contributed by atoms with Gasteiger partial charge in [-0.15, -0.1) is 0 Å². The Morgan fingerprint density at radius 3 is 2.62 bits per heavy atom. The summed E-state index contributed by atoms with van der Waals surface area (Å²) in [6, 6.07) is 14.8. The van der Waals surface area contributed by atoms with E-state index in [0.717, 1.165) is 18.8 Å². The standard InChI is InChI=1S/C20H19N3O3/c24-19-14-5-1-2-6-16(14)21-13-15(19)20(25)22-17-7-3-4-8-18(17)23-9-11-26-12-10-23/h1-8,13H,9-12H2,(H,21,24)(H,22,25). The molecular formula is C20H19N3O3. The maximum Gasteiger partial charge on any atom is 0.261 e. The van der Waals surface area contributed by atoms with E-state index in [1.54, 1.807) is 12.1 Å². The molecule has 0 unspecified atom stereocenters. The summed E-state index contributed by atoms with van der Waals surface area (Å²) in [7, 11) is 0. The Hall–Kier alpha value is -3.12. The molecule has 0 saturated carbocycles. The fourth-order valence-corrected chi connectivity index (χ4v) is 3.19. The second-order valence-electron chi connectivity index (χ2n) is 6.15. The van der Waals surface area contributed by atoms with Crippen molar-refractivity contribution in [3.63, 3.8) is 0 Å². The second-order valence-corrected chi connectivity index (χ2v) is 6.15. The Bertz CT molecular complexity index is 1010. The number of hydrogen-bond acceptors (Lipinski definition) is 4. The van der Waals surface area contributed by atoms with Crippen LogP contribution in [0.15, 0.2) is 59.5 Å². The van der Waals surface area contributed by atoms with Crippen molar-refractivity contribution in [2.24, 2.45) is 0 Å². The molecule has 0 radical (unpaired) electrons. The van der Waals surface area contributed by atoms with E-state index >= 15 is 0 Å². The summed E-state index contributed by atoms with van der Waals surface area (Å²) in [5.41, 5.74) is 2.15. The van der Waals surface area contributed by atoms with Gasteiger partial charge in [0.1, 0.15) is 5.56 Å². The summed E-state index contributed by atoms with van der Waals surface area (Å²) in [4.78, 5) is 30.6. The highest BCUT2D eigenvalue weighted by Crippen LogP contribution is 2.26. The van der Waals surface area contributed by atoms with E-state index in [4.69, 9.17) is 4.74 Å². The number of aromatic nitrogens is 1. The molecule has 132 valence electrons. The number of fused-ring (bicyclic) bond motifs is 1. The highest BCUT2D eigenvalue weighted by Gasteiger charge is 2.18. The topological polar surface area (TPSA) is 74.4 Å². The number of nitrogens with one attached hydrogen (secondary N) is 2. The van der Waals surface area contributed by atoms with Gasteiger partial charge in [-0.05, 0) is 24.3 Å². The van der Waals surface area contributed by atoms with E-state index in [1.807, 2.05) is 36.4 Å². The monoisotopic (exact) mass is 349 g/mol. The lowest BCUT2D eigenvalue weighted by Crippen LogP contribution is -2.36. The van der Waals surface area contributed by atoms with Gasteiger partial charge in [0.2, 0.25) is 5.43 Å². The lowest BCUT2D eigenvalue weighted by atomic mass is 10.1. The number of pyridine rings is 1. The largest absolute Gasteiger partial charge is 0.378 e. The highest BCUT2D eigenvalue weighted by molar-refractivity contribution is 6.07. The van der Waals surface area contributed by atoms with Crippen LogP contribution in [-0.4, -0.2) is 37.2 Å². The van der Waals surface area contributed by atoms with E-state index in [-0.39, 0.29) is 11.0 Å². The van der Waals surface area contributed by atoms with Gasteiger partial charge in [-0.3, -0.25) is 9.59 Å². The number of hydrogen-bond donors (Lipinski definition) is 2. The minimum absolute atomic E-state index is 0.0977. The highest BCUT2D eigenvalue weighted by atomic mass is 16.5. The van der Waals surface area contributed by atoms with E-state index < -0.39 is 5.91 Å². The molecule has 0 atom stereocenters. The molecule has 1 aliphatic heterocycles. The molecule has 1 saturated heterocycles. The molecule has 0 bridgehead atoms. The van der Waals surface area contributed by atoms with Crippen molar-refractivity contribution in [2.45, 2.75) is 0 Å². The summed E-state index contributed by atoms with van der Waals surface area (Å²) in [5, 5.41) is 3.39. The third-order valence-corrected chi connectivity index (χ3v) is 4.54. The van der Waals surface area contributed by atoms with Crippen LogP contribution in [0.2, 0.25) is 0 Å². The van der Waals surface area contributed by atoms with Gasteiger partial charge in [0.05, 0.1) is 24.6 Å². The van der Waals surface area contributed by atoms with Crippen LogP contribution in [0.5, 0.6) is 0 Å². The number of morpholine rings is 1. The van der Waals surface area contributed by atoms with Gasteiger partial charge >= 0.3 is 0 Å². The van der Waals surface area contributed by atoms with E-state index in [0.29, 0.717) is 29.8 Å². The van der Waals surface area contributed by atoms with E-state index in [1.165, 1.54) is 6.20 Å². The van der Waals surface area contributed by atoms with E-state index in [9.17, 15) is 9.59 Å². The fraction of sp³-hybridized carbons (Fsp3) is 0.200. The van der Waals surface area contributed by atoms with Crippen molar-refractivity contribution >= 4 is 28.2 Å². The Morgan fingerprint density at radius 1 is 1.04 bits per heavy atom. The zero-order chi connectivity index (χ0) is 17.9. The molecular weight excluding hydrogens is 330 g/mol. The third-order valence-electron chi connectivity index (χ3n) is 4.54. The number of rotatable bonds is 3. The molecule has 1 amide bonds. The predicted octanol–water partition coefficient (Wildman–Crippen LogP) is 2.62. The lowest BCUT2D eigenvalue weighted by Gasteiger charge is -2.30. The molecule has 6 heteroatoms. The first-order valence-corrected chi connectivity index (χ1v) is 8.57. The van der Waals surface area contributed by atoms with E-state index in [2.05, 4.69) is 15.2 Å². The zero-order valence-electron chi connectivity index (χ0n) is 14.2. The van der Waals surface area contributed by atoms with Gasteiger partial charge < -0.3 is 19.9 Å². The Kier molecular flexibility index (Phi) is 4.41. The number of aromatic amines is 1. The van der Waals surface area contributed by atoms with Gasteiger partial charge in [0, 0.05) is 30.2 Å². The molecule has 2 aromatic carbocycles. The van der Waals surface area contributed by atoms with Gasteiger partial charge in [0.15, 0.2) is 0 Å². The maximum absolute atomic E-state index is 12.7. The van der Waals surface area contributed by atoms with Crippen molar-refractivity contribution in [1.29, 1.82) is 0 Å². The molecule has 6 nitrogen and oxygen atoms in total. The molecule has 3 aromatic rings. The number of carbonyl (C=O) groups excluding carboxylic acids is 1. The van der Waals surface area contributed by atoms with Crippen molar-refractivity contribution in [2.75, 3.05) is 36.5 Å². The zero-order valence-corrected chi connectivity index (χ0v) is 14.2. The minimum Gasteiger partial charge on any atom is -0.378 e. The van der Waals surface area contributed by atoms with Crippen LogP contribution in [0.4, 0.5) is 11.4 Å². The third kappa shape index (κ3) is 3.07. The van der Waals surface area contributed by atoms with Crippen LogP contribution in [-0.2, 0) is 4.74 Å². The Morgan fingerprint density at radius 2 is 1.77 bits per heavy atom. The first-order valence-electron chi connectivity index (χ1n) is 8.57. The lowest BCUT2D eigenvalue weighted by molar-refractivity contribution is 0.102. The number of H-pyrrole nitrogens is 1. The smallest absolute Gasteiger partial charge is 0.261 e. The normalized spacial score (nSPS) is 14.4. The van der Waals surface area contributed by atoms with Crippen LogP contribution in [0, 0.1) is 0 Å². The number of carbonyl (C=O) groups is 1. The quantitative estimate of drug-likeness (QED) is 0.762.